The molecular weight excluding hydrogens is 220 g/mol. The Labute approximate surface area is 101 Å². The smallest absolute Gasteiger partial charge is 0.0943 e. The van der Waals surface area contributed by atoms with E-state index < -0.39 is 0 Å². The van der Waals surface area contributed by atoms with Gasteiger partial charge in [0.25, 0.3) is 0 Å². The number of rotatable bonds is 4. The van der Waals surface area contributed by atoms with Crippen molar-refractivity contribution in [2.24, 2.45) is 0 Å². The molecule has 0 saturated carbocycles. The number of hydrogen-bond acceptors (Lipinski definition) is 4. The van der Waals surface area contributed by atoms with E-state index in [9.17, 15) is 0 Å². The van der Waals surface area contributed by atoms with Crippen LogP contribution < -0.4 is 5.32 Å². The Bertz CT molecular complexity index is 312. The molecule has 16 heavy (non-hydrogen) atoms. The van der Waals surface area contributed by atoms with E-state index in [1.807, 2.05) is 11.3 Å². The van der Waals surface area contributed by atoms with Crippen LogP contribution in [0, 0.1) is 13.8 Å². The fraction of sp³-hybridized carbons (Fsp3) is 0.750. The third-order valence-electron chi connectivity index (χ3n) is 3.00. The minimum Gasteiger partial charge on any atom is -0.380 e. The summed E-state index contributed by atoms with van der Waals surface area (Å²) in [4.78, 5) is 5.88. The van der Waals surface area contributed by atoms with Gasteiger partial charge >= 0.3 is 0 Å². The molecule has 0 bridgehead atoms. The van der Waals surface area contributed by atoms with Crippen molar-refractivity contribution in [1.29, 1.82) is 0 Å². The van der Waals surface area contributed by atoms with Crippen molar-refractivity contribution in [2.45, 2.75) is 39.2 Å². The Morgan fingerprint density at radius 1 is 1.50 bits per heavy atom. The second kappa shape index (κ2) is 5.75. The topological polar surface area (TPSA) is 34.2 Å². The van der Waals surface area contributed by atoms with Gasteiger partial charge in [0.05, 0.1) is 17.3 Å². The first kappa shape index (κ1) is 12.0. The van der Waals surface area contributed by atoms with Gasteiger partial charge in [0, 0.05) is 30.5 Å². The molecular formula is C12H20N2OS. The Kier molecular flexibility index (Phi) is 4.32. The van der Waals surface area contributed by atoms with Gasteiger partial charge in [0.2, 0.25) is 0 Å². The number of nitrogens with one attached hydrogen (secondary N) is 1. The normalized spacial score (nSPS) is 21.2. The quantitative estimate of drug-likeness (QED) is 0.875. The van der Waals surface area contributed by atoms with Crippen LogP contribution in [0.3, 0.4) is 0 Å². The lowest BCUT2D eigenvalue weighted by molar-refractivity contribution is 0.0707. The molecule has 2 heterocycles. The summed E-state index contributed by atoms with van der Waals surface area (Å²) in [5, 5.41) is 4.79. The van der Waals surface area contributed by atoms with Gasteiger partial charge in [-0.2, -0.15) is 0 Å². The van der Waals surface area contributed by atoms with Crippen molar-refractivity contribution in [1.82, 2.24) is 10.3 Å². The highest BCUT2D eigenvalue weighted by Crippen LogP contribution is 2.16. The van der Waals surface area contributed by atoms with Gasteiger partial charge < -0.3 is 10.1 Å². The largest absolute Gasteiger partial charge is 0.380 e. The van der Waals surface area contributed by atoms with Crippen LogP contribution in [0.15, 0.2) is 0 Å². The molecule has 1 aliphatic heterocycles. The highest BCUT2D eigenvalue weighted by Gasteiger charge is 2.12. The van der Waals surface area contributed by atoms with E-state index in [4.69, 9.17) is 4.74 Å². The Balaban J connectivity index is 1.71. The highest BCUT2D eigenvalue weighted by atomic mass is 32.1. The number of aromatic nitrogens is 1. The average Bonchev–Trinajstić information content (AvgIpc) is 2.60. The third-order valence-corrected chi connectivity index (χ3v) is 4.14. The SMILES string of the molecule is Cc1nc(CCNC2CCCOC2)sc1C. The molecule has 0 aromatic carbocycles. The lowest BCUT2D eigenvalue weighted by Crippen LogP contribution is -2.37. The van der Waals surface area contributed by atoms with Crippen molar-refractivity contribution in [3.8, 4) is 0 Å². The van der Waals surface area contributed by atoms with Gasteiger partial charge in [0.15, 0.2) is 0 Å². The summed E-state index contributed by atoms with van der Waals surface area (Å²) in [6, 6.07) is 0.552. The summed E-state index contributed by atoms with van der Waals surface area (Å²) in [7, 11) is 0. The Morgan fingerprint density at radius 3 is 3.00 bits per heavy atom. The first-order valence-corrected chi connectivity index (χ1v) is 6.81. The maximum atomic E-state index is 5.43. The fourth-order valence-electron chi connectivity index (χ4n) is 1.93. The van der Waals surface area contributed by atoms with E-state index >= 15 is 0 Å². The molecule has 1 aromatic heterocycles. The predicted molar refractivity (Wildman–Crippen MR) is 67.1 cm³/mol. The van der Waals surface area contributed by atoms with Crippen molar-refractivity contribution in [3.63, 3.8) is 0 Å². The van der Waals surface area contributed by atoms with Crippen LogP contribution in [0.4, 0.5) is 0 Å². The summed E-state index contributed by atoms with van der Waals surface area (Å²) in [6.45, 7) is 7.04. The summed E-state index contributed by atoms with van der Waals surface area (Å²) in [5.74, 6) is 0. The third kappa shape index (κ3) is 3.27. The predicted octanol–water partition coefficient (Wildman–Crippen LogP) is 2.07. The monoisotopic (exact) mass is 240 g/mol. The molecule has 0 spiro atoms. The summed E-state index contributed by atoms with van der Waals surface area (Å²) in [6.07, 6.45) is 3.47. The highest BCUT2D eigenvalue weighted by molar-refractivity contribution is 7.11. The van der Waals surface area contributed by atoms with Gasteiger partial charge in [-0.15, -0.1) is 11.3 Å². The van der Waals surface area contributed by atoms with Crippen molar-refractivity contribution in [2.75, 3.05) is 19.8 Å². The molecule has 90 valence electrons. The van der Waals surface area contributed by atoms with Crippen LogP contribution in [-0.2, 0) is 11.2 Å². The van der Waals surface area contributed by atoms with Gasteiger partial charge in [-0.25, -0.2) is 4.98 Å². The van der Waals surface area contributed by atoms with Gasteiger partial charge in [-0.1, -0.05) is 0 Å². The van der Waals surface area contributed by atoms with Crippen molar-refractivity contribution in [3.05, 3.63) is 15.6 Å². The second-order valence-corrected chi connectivity index (χ2v) is 5.66. The van der Waals surface area contributed by atoms with Crippen molar-refractivity contribution < 1.29 is 4.74 Å². The van der Waals surface area contributed by atoms with Crippen LogP contribution in [0.2, 0.25) is 0 Å². The lowest BCUT2D eigenvalue weighted by Gasteiger charge is -2.22. The Morgan fingerprint density at radius 2 is 2.38 bits per heavy atom. The van der Waals surface area contributed by atoms with Gasteiger partial charge in [-0.3, -0.25) is 0 Å². The standard InChI is InChI=1S/C12H20N2OS/c1-9-10(2)16-12(14-9)5-6-13-11-4-3-7-15-8-11/h11,13H,3-8H2,1-2H3. The molecule has 1 unspecified atom stereocenters. The maximum Gasteiger partial charge on any atom is 0.0943 e. The zero-order valence-electron chi connectivity index (χ0n) is 10.1. The van der Waals surface area contributed by atoms with E-state index in [1.165, 1.54) is 28.4 Å². The molecule has 0 radical (unpaired) electrons. The molecule has 1 N–H and O–H groups in total. The molecule has 1 saturated heterocycles. The average molecular weight is 240 g/mol. The van der Waals surface area contributed by atoms with E-state index in [0.717, 1.165) is 26.2 Å². The molecule has 3 nitrogen and oxygen atoms in total. The molecule has 1 aromatic rings. The summed E-state index contributed by atoms with van der Waals surface area (Å²) in [5.41, 5.74) is 1.18. The van der Waals surface area contributed by atoms with Crippen LogP contribution >= 0.6 is 11.3 Å². The summed E-state index contributed by atoms with van der Waals surface area (Å²) < 4.78 is 5.43. The molecule has 2 rings (SSSR count). The van der Waals surface area contributed by atoms with E-state index in [-0.39, 0.29) is 0 Å². The molecule has 4 heteroatoms. The summed E-state index contributed by atoms with van der Waals surface area (Å²) >= 11 is 1.82. The molecule has 0 aliphatic carbocycles. The zero-order valence-corrected chi connectivity index (χ0v) is 10.9. The van der Waals surface area contributed by atoms with E-state index in [1.54, 1.807) is 0 Å². The van der Waals surface area contributed by atoms with Crippen LogP contribution in [-0.4, -0.2) is 30.8 Å². The molecule has 1 aliphatic rings. The minimum absolute atomic E-state index is 0.552. The number of thiazole rings is 1. The zero-order chi connectivity index (χ0) is 11.4. The molecule has 1 fully saturated rings. The second-order valence-electron chi connectivity index (χ2n) is 4.37. The first-order valence-electron chi connectivity index (χ1n) is 6.00. The van der Waals surface area contributed by atoms with E-state index in [0.29, 0.717) is 6.04 Å². The fourth-order valence-corrected chi connectivity index (χ4v) is 2.86. The number of nitrogens with zero attached hydrogens (tertiary/aromatic N) is 1. The maximum absolute atomic E-state index is 5.43. The number of aryl methyl sites for hydroxylation is 2. The van der Waals surface area contributed by atoms with Crippen LogP contribution in [0.1, 0.15) is 28.4 Å². The van der Waals surface area contributed by atoms with Crippen molar-refractivity contribution >= 4 is 11.3 Å². The number of hydrogen-bond donors (Lipinski definition) is 1. The van der Waals surface area contributed by atoms with Gasteiger partial charge in [-0.05, 0) is 26.7 Å². The van der Waals surface area contributed by atoms with Crippen LogP contribution in [0.25, 0.3) is 0 Å². The van der Waals surface area contributed by atoms with E-state index in [2.05, 4.69) is 24.1 Å². The molecule has 0 amide bonds. The number of ether oxygens (including phenoxy) is 1. The lowest BCUT2D eigenvalue weighted by atomic mass is 10.1. The van der Waals surface area contributed by atoms with Gasteiger partial charge in [0.1, 0.15) is 0 Å². The minimum atomic E-state index is 0.552. The Hall–Kier alpha value is -0.450. The van der Waals surface area contributed by atoms with Crippen LogP contribution in [0.5, 0.6) is 0 Å². The molecule has 1 atom stereocenters. The first-order chi connectivity index (χ1) is 7.75.